The quantitative estimate of drug-likeness (QED) is 0.369. The number of nitrogens with one attached hydrogen (secondary N) is 1. The molecule has 4 rings (SSSR count). The average molecular weight is 496 g/mol. The van der Waals surface area contributed by atoms with E-state index in [1.54, 1.807) is 18.2 Å². The lowest BCUT2D eigenvalue weighted by Gasteiger charge is -2.33. The molecule has 0 aliphatic carbocycles. The van der Waals surface area contributed by atoms with Crippen molar-refractivity contribution in [1.82, 2.24) is 0 Å². The highest BCUT2D eigenvalue weighted by atomic mass is 35.5. The number of hydrogen-bond donors (Lipinski definition) is 1. The number of benzene rings is 3. The van der Waals surface area contributed by atoms with Crippen LogP contribution in [0.5, 0.6) is 11.5 Å². The monoisotopic (exact) mass is 495 g/mol. The van der Waals surface area contributed by atoms with E-state index >= 15 is 0 Å². The third-order valence-corrected chi connectivity index (χ3v) is 6.23. The predicted molar refractivity (Wildman–Crippen MR) is 137 cm³/mol. The van der Waals surface area contributed by atoms with Gasteiger partial charge in [0.2, 0.25) is 0 Å². The molecular weight excluding hydrogens is 469 g/mol. The van der Waals surface area contributed by atoms with Gasteiger partial charge in [-0.15, -0.1) is 0 Å². The molecule has 35 heavy (non-hydrogen) atoms. The van der Waals surface area contributed by atoms with Gasteiger partial charge in [0.25, 0.3) is 0 Å². The Morgan fingerprint density at radius 2 is 1.71 bits per heavy atom. The van der Waals surface area contributed by atoms with Crippen molar-refractivity contribution in [2.75, 3.05) is 19.5 Å². The fraction of sp³-hybridized carbons (Fsp3) is 0.250. The molecule has 3 aromatic carbocycles. The number of hydrogen-bond acceptors (Lipinski definition) is 5. The maximum Gasteiger partial charge on any atom is 0.338 e. The third kappa shape index (κ3) is 4.98. The summed E-state index contributed by atoms with van der Waals surface area (Å²) >= 11 is 6.19. The molecule has 1 aliphatic rings. The fourth-order valence-corrected chi connectivity index (χ4v) is 4.76. The number of esters is 1. The minimum absolute atomic E-state index is 0.00515. The summed E-state index contributed by atoms with van der Waals surface area (Å²) in [6, 6.07) is 13.1. The van der Waals surface area contributed by atoms with Crippen LogP contribution in [0.15, 0.2) is 54.6 Å². The topological polar surface area (TPSA) is 56.8 Å². The van der Waals surface area contributed by atoms with Gasteiger partial charge in [0.1, 0.15) is 23.9 Å². The summed E-state index contributed by atoms with van der Waals surface area (Å²) < 4.78 is 30.3. The summed E-state index contributed by atoms with van der Waals surface area (Å²) in [5.74, 6) is -0.0481. The number of anilines is 1. The molecule has 0 radical (unpaired) electrons. The molecule has 1 aliphatic heterocycles. The number of fused-ring (bicyclic) bond motifs is 1. The number of halogens is 2. The van der Waals surface area contributed by atoms with E-state index in [0.29, 0.717) is 27.6 Å². The zero-order valence-electron chi connectivity index (χ0n) is 20.3. The first-order chi connectivity index (χ1) is 16.6. The summed E-state index contributed by atoms with van der Waals surface area (Å²) in [6.45, 7) is 6.20. The Hall–Kier alpha value is -3.51. The number of carbonyl (C=O) groups is 1. The number of ether oxygens (including phenoxy) is 3. The molecule has 0 bridgehead atoms. The van der Waals surface area contributed by atoms with Crippen LogP contribution in [0, 0.1) is 5.82 Å². The highest BCUT2D eigenvalue weighted by Crippen LogP contribution is 2.43. The zero-order valence-corrected chi connectivity index (χ0v) is 21.0. The highest BCUT2D eigenvalue weighted by molar-refractivity contribution is 6.32. The summed E-state index contributed by atoms with van der Waals surface area (Å²) in [5.41, 5.74) is 5.27. The van der Waals surface area contributed by atoms with Crippen LogP contribution in [0.4, 0.5) is 10.1 Å². The smallest absolute Gasteiger partial charge is 0.338 e. The van der Waals surface area contributed by atoms with Gasteiger partial charge in [0, 0.05) is 28.4 Å². The third-order valence-electron chi connectivity index (χ3n) is 5.93. The van der Waals surface area contributed by atoms with Gasteiger partial charge in [-0.3, -0.25) is 0 Å². The molecule has 1 N–H and O–H groups in total. The summed E-state index contributed by atoms with van der Waals surface area (Å²) in [7, 11) is 3.01. The van der Waals surface area contributed by atoms with Crippen LogP contribution in [0.1, 0.15) is 42.3 Å². The summed E-state index contributed by atoms with van der Waals surface area (Å²) in [5, 5.41) is 3.84. The molecule has 7 heteroatoms. The molecule has 0 amide bonds. The number of methoxy groups -OCH3 is 2. The standard InChI is InChI=1S/C28H27ClFNO4/c1-16-14-28(2,3)31-23-10-9-19(20-8-7-18(30)13-25(20)34-5)21(26(16)23)15-35-27(32)17-6-11-24(33-4)22(29)12-17/h6-14,31H,15H2,1-5H3. The second kappa shape index (κ2) is 9.62. The number of rotatable bonds is 6. The van der Waals surface area contributed by atoms with Gasteiger partial charge >= 0.3 is 5.97 Å². The largest absolute Gasteiger partial charge is 0.496 e. The molecule has 0 atom stereocenters. The molecule has 0 saturated carbocycles. The van der Waals surface area contributed by atoms with Crippen LogP contribution in [0.3, 0.4) is 0 Å². The Labute approximate surface area is 209 Å². The molecule has 0 aromatic heterocycles. The number of allylic oxidation sites excluding steroid dienone is 1. The lowest BCUT2D eigenvalue weighted by molar-refractivity contribution is 0.0473. The van der Waals surface area contributed by atoms with Gasteiger partial charge in [-0.2, -0.15) is 0 Å². The Balaban J connectivity index is 1.78. The maximum absolute atomic E-state index is 13.9. The van der Waals surface area contributed by atoms with Crippen molar-refractivity contribution in [2.24, 2.45) is 0 Å². The van der Waals surface area contributed by atoms with Crippen molar-refractivity contribution in [1.29, 1.82) is 0 Å². The lowest BCUT2D eigenvalue weighted by atomic mass is 9.85. The van der Waals surface area contributed by atoms with Crippen LogP contribution < -0.4 is 14.8 Å². The van der Waals surface area contributed by atoms with Crippen LogP contribution >= 0.6 is 11.6 Å². The minimum atomic E-state index is -0.519. The predicted octanol–water partition coefficient (Wildman–Crippen LogP) is 7.13. The van der Waals surface area contributed by atoms with Crippen LogP contribution in [-0.2, 0) is 11.3 Å². The first-order valence-corrected chi connectivity index (χ1v) is 11.5. The van der Waals surface area contributed by atoms with Gasteiger partial charge in [0.15, 0.2) is 0 Å². The minimum Gasteiger partial charge on any atom is -0.496 e. The SMILES string of the molecule is COc1ccc(C(=O)OCc2c(-c3ccc(F)cc3OC)ccc3c2C(C)=CC(C)(C)N3)cc1Cl. The lowest BCUT2D eigenvalue weighted by Crippen LogP contribution is -2.32. The first-order valence-electron chi connectivity index (χ1n) is 11.1. The van der Waals surface area contributed by atoms with E-state index in [-0.39, 0.29) is 12.1 Å². The fourth-order valence-electron chi connectivity index (χ4n) is 4.50. The van der Waals surface area contributed by atoms with Crippen molar-refractivity contribution in [3.8, 4) is 22.6 Å². The maximum atomic E-state index is 13.9. The van der Waals surface area contributed by atoms with E-state index in [2.05, 4.69) is 25.2 Å². The molecular formula is C28H27ClFNO4. The normalized spacial score (nSPS) is 13.9. The second-order valence-electron chi connectivity index (χ2n) is 8.96. The Bertz CT molecular complexity index is 1330. The molecule has 3 aromatic rings. The Morgan fingerprint density at radius 3 is 2.40 bits per heavy atom. The number of carbonyl (C=O) groups excluding carboxylic acids is 1. The first kappa shape index (κ1) is 24.6. The van der Waals surface area contributed by atoms with Crippen molar-refractivity contribution < 1.29 is 23.4 Å². The summed E-state index contributed by atoms with van der Waals surface area (Å²) in [4.78, 5) is 12.9. The molecule has 0 saturated heterocycles. The van der Waals surface area contributed by atoms with Gasteiger partial charge in [-0.1, -0.05) is 23.7 Å². The van der Waals surface area contributed by atoms with E-state index in [0.717, 1.165) is 28.0 Å². The van der Waals surface area contributed by atoms with Crippen molar-refractivity contribution in [2.45, 2.75) is 32.9 Å². The van der Waals surface area contributed by atoms with Gasteiger partial charge in [0.05, 0.1) is 30.3 Å². The van der Waals surface area contributed by atoms with E-state index in [9.17, 15) is 9.18 Å². The van der Waals surface area contributed by atoms with Crippen molar-refractivity contribution in [3.63, 3.8) is 0 Å². The molecule has 0 spiro atoms. The average Bonchev–Trinajstić information content (AvgIpc) is 2.81. The van der Waals surface area contributed by atoms with Gasteiger partial charge in [-0.05, 0) is 68.3 Å². The molecule has 0 unspecified atom stereocenters. The van der Waals surface area contributed by atoms with E-state index < -0.39 is 11.8 Å². The second-order valence-corrected chi connectivity index (χ2v) is 9.37. The zero-order chi connectivity index (χ0) is 25.3. The van der Waals surface area contributed by atoms with E-state index in [1.165, 1.54) is 32.4 Å². The highest BCUT2D eigenvalue weighted by Gasteiger charge is 2.27. The van der Waals surface area contributed by atoms with Crippen LogP contribution in [0.25, 0.3) is 16.7 Å². The Kier molecular flexibility index (Phi) is 6.77. The molecule has 0 fully saturated rings. The van der Waals surface area contributed by atoms with Crippen molar-refractivity contribution in [3.05, 3.63) is 82.1 Å². The van der Waals surface area contributed by atoms with E-state index in [4.69, 9.17) is 25.8 Å². The van der Waals surface area contributed by atoms with E-state index in [1.807, 2.05) is 19.1 Å². The van der Waals surface area contributed by atoms with Gasteiger partial charge < -0.3 is 19.5 Å². The van der Waals surface area contributed by atoms with Crippen LogP contribution in [-0.4, -0.2) is 25.7 Å². The molecule has 1 heterocycles. The van der Waals surface area contributed by atoms with Gasteiger partial charge in [-0.25, -0.2) is 9.18 Å². The van der Waals surface area contributed by atoms with Crippen molar-refractivity contribution >= 4 is 28.8 Å². The summed E-state index contributed by atoms with van der Waals surface area (Å²) in [6.07, 6.45) is 2.13. The molecule has 182 valence electrons. The molecule has 5 nitrogen and oxygen atoms in total. The van der Waals surface area contributed by atoms with Crippen LogP contribution in [0.2, 0.25) is 5.02 Å². The Morgan fingerprint density at radius 1 is 1.00 bits per heavy atom.